The molecule has 0 spiro atoms. The molecule has 6 nitrogen and oxygen atoms in total. The first-order valence-electron chi connectivity index (χ1n) is 8.73. The molecule has 0 aromatic carbocycles. The zero-order chi connectivity index (χ0) is 19.2. The van der Waals surface area contributed by atoms with Gasteiger partial charge < -0.3 is 14.5 Å². The van der Waals surface area contributed by atoms with Gasteiger partial charge in [0, 0.05) is 11.0 Å². The van der Waals surface area contributed by atoms with E-state index in [0.29, 0.717) is 22.9 Å². The van der Waals surface area contributed by atoms with Crippen LogP contribution in [0.5, 0.6) is 0 Å². The van der Waals surface area contributed by atoms with Crippen LogP contribution in [0.2, 0.25) is 0 Å². The van der Waals surface area contributed by atoms with Crippen LogP contribution in [-0.4, -0.2) is 23.6 Å². The van der Waals surface area contributed by atoms with Crippen LogP contribution in [0.1, 0.15) is 46.3 Å². The van der Waals surface area contributed by atoms with Crippen molar-refractivity contribution in [3.63, 3.8) is 0 Å². The summed E-state index contributed by atoms with van der Waals surface area (Å²) < 4.78 is 10.3. The summed E-state index contributed by atoms with van der Waals surface area (Å²) in [6.45, 7) is 2.09. The summed E-state index contributed by atoms with van der Waals surface area (Å²) in [5.41, 5.74) is 1.58. The quantitative estimate of drug-likeness (QED) is 0.447. The molecule has 8 heteroatoms. The predicted molar refractivity (Wildman–Crippen MR) is 109 cm³/mol. The number of hydrogen-bond donors (Lipinski definition) is 2. The Morgan fingerprint density at radius 1 is 1.37 bits per heavy atom. The Hall–Kier alpha value is -2.45. The third-order valence-electron chi connectivity index (χ3n) is 4.06. The highest BCUT2D eigenvalue weighted by Crippen LogP contribution is 2.38. The maximum absolute atomic E-state index is 12.4. The van der Waals surface area contributed by atoms with E-state index in [9.17, 15) is 9.59 Å². The number of thiocarbonyl (C=S) groups is 1. The Balaban J connectivity index is 1.70. The highest BCUT2D eigenvalue weighted by Gasteiger charge is 2.26. The molecule has 142 valence electrons. The van der Waals surface area contributed by atoms with Crippen molar-refractivity contribution >= 4 is 51.6 Å². The van der Waals surface area contributed by atoms with E-state index in [4.69, 9.17) is 21.4 Å². The monoisotopic (exact) mass is 404 g/mol. The van der Waals surface area contributed by atoms with Gasteiger partial charge in [0.1, 0.15) is 10.8 Å². The number of anilines is 1. The summed E-state index contributed by atoms with van der Waals surface area (Å²) in [4.78, 5) is 25.6. The van der Waals surface area contributed by atoms with Gasteiger partial charge in [-0.2, -0.15) is 0 Å². The second kappa shape index (κ2) is 8.96. The first-order chi connectivity index (χ1) is 13.1. The number of ether oxygens (including phenoxy) is 1. The van der Waals surface area contributed by atoms with E-state index < -0.39 is 0 Å². The van der Waals surface area contributed by atoms with Crippen molar-refractivity contribution in [1.82, 2.24) is 5.32 Å². The fourth-order valence-electron chi connectivity index (χ4n) is 2.90. The molecule has 2 N–H and O–H groups in total. The minimum atomic E-state index is -0.386. The number of rotatable bonds is 5. The third kappa shape index (κ3) is 4.84. The van der Waals surface area contributed by atoms with Gasteiger partial charge >= 0.3 is 5.97 Å². The fraction of sp³-hybridized carbons (Fsp3) is 0.316. The van der Waals surface area contributed by atoms with Crippen LogP contribution < -0.4 is 10.6 Å². The van der Waals surface area contributed by atoms with E-state index in [0.717, 1.165) is 31.2 Å². The number of hydrogen-bond acceptors (Lipinski definition) is 6. The normalized spacial score (nSPS) is 13.2. The number of thiophene rings is 1. The Labute approximate surface area is 166 Å². The molecule has 0 saturated carbocycles. The van der Waals surface area contributed by atoms with Crippen molar-refractivity contribution in [3.05, 3.63) is 46.2 Å². The van der Waals surface area contributed by atoms with Gasteiger partial charge in [-0.05, 0) is 68.6 Å². The molecule has 27 heavy (non-hydrogen) atoms. The zero-order valence-electron chi connectivity index (χ0n) is 14.9. The maximum atomic E-state index is 12.4. The van der Waals surface area contributed by atoms with Crippen molar-refractivity contribution in [3.8, 4) is 0 Å². The maximum Gasteiger partial charge on any atom is 0.341 e. The van der Waals surface area contributed by atoms with Crippen LogP contribution >= 0.6 is 23.6 Å². The van der Waals surface area contributed by atoms with Gasteiger partial charge in [-0.3, -0.25) is 10.1 Å². The predicted octanol–water partition coefficient (Wildman–Crippen LogP) is 3.92. The Kier molecular flexibility index (Phi) is 6.41. The number of fused-ring (bicyclic) bond motifs is 1. The molecule has 2 heterocycles. The largest absolute Gasteiger partial charge is 0.465 e. The molecule has 0 atom stereocenters. The van der Waals surface area contributed by atoms with Crippen LogP contribution in [-0.2, 0) is 22.4 Å². The molecule has 0 aliphatic heterocycles. The van der Waals surface area contributed by atoms with E-state index >= 15 is 0 Å². The van der Waals surface area contributed by atoms with Crippen LogP contribution in [0, 0.1) is 0 Å². The van der Waals surface area contributed by atoms with E-state index in [1.807, 2.05) is 0 Å². The molecule has 1 amide bonds. The Bertz CT molecular complexity index is 869. The average molecular weight is 405 g/mol. The van der Waals surface area contributed by atoms with Crippen LogP contribution in [0.3, 0.4) is 0 Å². The second-order valence-corrected chi connectivity index (χ2v) is 7.44. The number of aryl methyl sites for hydroxylation is 1. The second-order valence-electron chi connectivity index (χ2n) is 5.93. The lowest BCUT2D eigenvalue weighted by atomic mass is 9.95. The van der Waals surface area contributed by atoms with Gasteiger partial charge in [0.25, 0.3) is 0 Å². The van der Waals surface area contributed by atoms with Crippen molar-refractivity contribution in [1.29, 1.82) is 0 Å². The fourth-order valence-corrected chi connectivity index (χ4v) is 4.45. The molecule has 0 saturated heterocycles. The summed E-state index contributed by atoms with van der Waals surface area (Å²) >= 11 is 6.73. The summed E-state index contributed by atoms with van der Waals surface area (Å²) in [7, 11) is 0. The van der Waals surface area contributed by atoms with Gasteiger partial charge in [0.15, 0.2) is 5.11 Å². The smallest absolute Gasteiger partial charge is 0.341 e. The van der Waals surface area contributed by atoms with E-state index in [2.05, 4.69) is 10.6 Å². The lowest BCUT2D eigenvalue weighted by molar-refractivity contribution is -0.115. The lowest BCUT2D eigenvalue weighted by Gasteiger charge is -2.12. The third-order valence-corrected chi connectivity index (χ3v) is 5.47. The number of furan rings is 1. The summed E-state index contributed by atoms with van der Waals surface area (Å²) in [5.74, 6) is -0.172. The summed E-state index contributed by atoms with van der Waals surface area (Å²) in [6.07, 6.45) is 8.36. The molecule has 0 unspecified atom stereocenters. The highest BCUT2D eigenvalue weighted by molar-refractivity contribution is 7.80. The van der Waals surface area contributed by atoms with Gasteiger partial charge in [0.05, 0.1) is 18.4 Å². The van der Waals surface area contributed by atoms with E-state index in [1.165, 1.54) is 28.6 Å². The van der Waals surface area contributed by atoms with Crippen LogP contribution in [0.25, 0.3) is 6.08 Å². The highest BCUT2D eigenvalue weighted by atomic mass is 32.1. The number of esters is 1. The van der Waals surface area contributed by atoms with E-state index in [-0.39, 0.29) is 17.0 Å². The average Bonchev–Trinajstić information content (AvgIpc) is 3.27. The van der Waals surface area contributed by atoms with Crippen LogP contribution in [0.15, 0.2) is 28.9 Å². The molecular formula is C19H20N2O4S2. The summed E-state index contributed by atoms with van der Waals surface area (Å²) in [6, 6.07) is 3.47. The number of amides is 1. The first-order valence-corrected chi connectivity index (χ1v) is 9.96. The van der Waals surface area contributed by atoms with Crippen LogP contribution in [0.4, 0.5) is 5.00 Å². The number of carbonyl (C=O) groups is 2. The van der Waals surface area contributed by atoms with Gasteiger partial charge in [0.2, 0.25) is 5.91 Å². The van der Waals surface area contributed by atoms with Crippen molar-refractivity contribution in [2.24, 2.45) is 0 Å². The zero-order valence-corrected chi connectivity index (χ0v) is 16.5. The standard InChI is InChI=1S/C19H20N2O4S2/c1-2-24-18(23)16-13-7-3-4-8-14(13)27-17(16)21-19(26)20-15(22)10-9-12-6-5-11-25-12/h5-6,9-11H,2-4,7-8H2,1H3,(H2,20,21,22,26)/b10-9-. The first kappa shape index (κ1) is 19.3. The molecule has 1 aliphatic rings. The molecule has 2 aromatic rings. The molecule has 0 bridgehead atoms. The van der Waals surface area contributed by atoms with Crippen molar-refractivity contribution < 1.29 is 18.7 Å². The molecular weight excluding hydrogens is 384 g/mol. The Morgan fingerprint density at radius 2 is 2.19 bits per heavy atom. The van der Waals surface area contributed by atoms with Crippen molar-refractivity contribution in [2.75, 3.05) is 11.9 Å². The minimum Gasteiger partial charge on any atom is -0.465 e. The van der Waals surface area contributed by atoms with Gasteiger partial charge in [-0.1, -0.05) is 0 Å². The molecule has 0 fully saturated rings. The molecule has 1 aliphatic carbocycles. The minimum absolute atomic E-state index is 0.133. The van der Waals surface area contributed by atoms with Crippen molar-refractivity contribution in [2.45, 2.75) is 32.6 Å². The topological polar surface area (TPSA) is 80.6 Å². The molecule has 2 aromatic heterocycles. The number of carbonyl (C=O) groups excluding carboxylic acids is 2. The van der Waals surface area contributed by atoms with Gasteiger partial charge in [-0.15, -0.1) is 11.3 Å². The van der Waals surface area contributed by atoms with E-state index in [1.54, 1.807) is 25.1 Å². The molecule has 0 radical (unpaired) electrons. The molecule has 3 rings (SSSR count). The lowest BCUT2D eigenvalue weighted by Crippen LogP contribution is -2.33. The SMILES string of the molecule is CCOC(=O)c1c(NC(=S)NC(=O)/C=C\c2ccco2)sc2c1CCCC2. The number of nitrogens with one attached hydrogen (secondary N) is 2. The summed E-state index contributed by atoms with van der Waals surface area (Å²) in [5, 5.41) is 6.33. The Morgan fingerprint density at radius 3 is 2.93 bits per heavy atom. The van der Waals surface area contributed by atoms with Gasteiger partial charge in [-0.25, -0.2) is 4.79 Å².